The van der Waals surface area contributed by atoms with Crippen molar-refractivity contribution in [2.75, 3.05) is 6.61 Å². The predicted molar refractivity (Wildman–Crippen MR) is 138 cm³/mol. The molecule has 6 atom stereocenters. The van der Waals surface area contributed by atoms with Crippen LogP contribution in [0.3, 0.4) is 0 Å². The van der Waals surface area contributed by atoms with Gasteiger partial charge in [-0.1, -0.05) is 48.5 Å². The standard InChI is InChI=1S/C25H29N4O10P/c1-15(25(34)36-12-16-8-4-2-5-9-16)28-40(35,39-17-10-6-3-7-11-17)37-13-18-20(30)21(31)24(38-18)29-14-27-19(22(26)32)23(29)33/h2-11,14-15,18,20-21,24,30-31,33H,12-13H2,1H3,(H2,26,32)(H,28,35)/t15-,18+,20?,21+,24+,40?/m0/s1. The minimum absolute atomic E-state index is 0.00363. The number of aliphatic hydroxyl groups is 2. The van der Waals surface area contributed by atoms with Gasteiger partial charge in [-0.2, -0.15) is 5.09 Å². The van der Waals surface area contributed by atoms with Crippen molar-refractivity contribution in [1.29, 1.82) is 0 Å². The number of primary amides is 1. The Kier molecular flexibility index (Phi) is 9.20. The molecule has 0 bridgehead atoms. The van der Waals surface area contributed by atoms with Crippen LogP contribution in [0, 0.1) is 0 Å². The molecule has 1 amide bonds. The average molecular weight is 576 g/mol. The quantitative estimate of drug-likeness (QED) is 0.153. The minimum atomic E-state index is -4.31. The van der Waals surface area contributed by atoms with E-state index in [2.05, 4.69) is 10.1 Å². The number of carbonyl (C=O) groups is 2. The van der Waals surface area contributed by atoms with E-state index in [9.17, 15) is 29.5 Å². The van der Waals surface area contributed by atoms with Crippen molar-refractivity contribution < 1.29 is 48.0 Å². The third-order valence-corrected chi connectivity index (χ3v) is 7.56. The highest BCUT2D eigenvalue weighted by Gasteiger charge is 2.46. The molecule has 40 heavy (non-hydrogen) atoms. The van der Waals surface area contributed by atoms with E-state index in [1.165, 1.54) is 19.1 Å². The van der Waals surface area contributed by atoms with Gasteiger partial charge in [-0.3, -0.25) is 18.7 Å². The monoisotopic (exact) mass is 576 g/mol. The van der Waals surface area contributed by atoms with Gasteiger partial charge in [-0.15, -0.1) is 0 Å². The number of para-hydroxylation sites is 1. The summed E-state index contributed by atoms with van der Waals surface area (Å²) in [5.74, 6) is -2.24. The van der Waals surface area contributed by atoms with E-state index in [0.717, 1.165) is 16.5 Å². The normalized spacial score (nSPS) is 22.8. The van der Waals surface area contributed by atoms with Gasteiger partial charge in [0.15, 0.2) is 11.9 Å². The van der Waals surface area contributed by atoms with Crippen molar-refractivity contribution in [3.8, 4) is 11.6 Å². The fraction of sp³-hybridized carbons (Fsp3) is 0.320. The Hall–Kier alpha value is -3.78. The molecule has 2 aromatic carbocycles. The number of esters is 1. The number of hydrogen-bond acceptors (Lipinski definition) is 11. The molecule has 0 spiro atoms. The van der Waals surface area contributed by atoms with Gasteiger partial charge in [0.05, 0.1) is 6.61 Å². The molecule has 1 aromatic heterocycles. The third kappa shape index (κ3) is 6.86. The molecule has 14 nitrogen and oxygen atoms in total. The average Bonchev–Trinajstić information content (AvgIpc) is 3.45. The number of nitrogens with zero attached hydrogens (tertiary/aromatic N) is 2. The molecule has 0 radical (unpaired) electrons. The second-order valence-electron chi connectivity index (χ2n) is 8.88. The van der Waals surface area contributed by atoms with E-state index in [1.807, 2.05) is 6.07 Å². The van der Waals surface area contributed by atoms with Gasteiger partial charge >= 0.3 is 13.7 Å². The van der Waals surface area contributed by atoms with Crippen LogP contribution in [-0.4, -0.2) is 67.7 Å². The first-order chi connectivity index (χ1) is 19.1. The summed E-state index contributed by atoms with van der Waals surface area (Å²) >= 11 is 0. The molecule has 1 aliphatic rings. The summed E-state index contributed by atoms with van der Waals surface area (Å²) in [6, 6.07) is 15.9. The lowest BCUT2D eigenvalue weighted by Crippen LogP contribution is -2.37. The summed E-state index contributed by atoms with van der Waals surface area (Å²) in [4.78, 5) is 27.7. The zero-order valence-corrected chi connectivity index (χ0v) is 22.2. The number of benzene rings is 2. The number of rotatable bonds is 12. The molecule has 2 unspecified atom stereocenters. The Morgan fingerprint density at radius 2 is 1.77 bits per heavy atom. The van der Waals surface area contributed by atoms with Crippen LogP contribution < -0.4 is 15.3 Å². The van der Waals surface area contributed by atoms with Gasteiger partial charge in [-0.05, 0) is 24.6 Å². The molecule has 214 valence electrons. The van der Waals surface area contributed by atoms with Gasteiger partial charge in [0, 0.05) is 0 Å². The van der Waals surface area contributed by atoms with Gasteiger partial charge in [-0.25, -0.2) is 9.55 Å². The highest BCUT2D eigenvalue weighted by molar-refractivity contribution is 7.52. The van der Waals surface area contributed by atoms with E-state index in [-0.39, 0.29) is 12.4 Å². The number of nitrogens with one attached hydrogen (secondary N) is 1. The number of hydrogen-bond donors (Lipinski definition) is 5. The first-order valence-corrected chi connectivity index (χ1v) is 13.7. The second kappa shape index (κ2) is 12.6. The van der Waals surface area contributed by atoms with Gasteiger partial charge < -0.3 is 35.1 Å². The largest absolute Gasteiger partial charge is 0.493 e. The van der Waals surface area contributed by atoms with E-state index >= 15 is 0 Å². The van der Waals surface area contributed by atoms with Crippen LogP contribution in [-0.2, 0) is 30.0 Å². The Morgan fingerprint density at radius 1 is 1.12 bits per heavy atom. The van der Waals surface area contributed by atoms with Crippen LogP contribution in [0.1, 0.15) is 29.2 Å². The first kappa shape index (κ1) is 29.2. The van der Waals surface area contributed by atoms with Crippen molar-refractivity contribution in [2.45, 2.75) is 44.1 Å². The van der Waals surface area contributed by atoms with Crippen molar-refractivity contribution in [3.05, 3.63) is 78.2 Å². The molecular weight excluding hydrogens is 547 g/mol. The lowest BCUT2D eigenvalue weighted by molar-refractivity contribution is -0.146. The number of ether oxygens (including phenoxy) is 2. The van der Waals surface area contributed by atoms with E-state index in [4.69, 9.17) is 24.3 Å². The van der Waals surface area contributed by atoms with Crippen LogP contribution in [0.15, 0.2) is 67.0 Å². The highest BCUT2D eigenvalue weighted by Crippen LogP contribution is 2.46. The lowest BCUT2D eigenvalue weighted by Gasteiger charge is -2.24. The zero-order chi connectivity index (χ0) is 28.9. The van der Waals surface area contributed by atoms with E-state index < -0.39 is 68.4 Å². The Balaban J connectivity index is 1.44. The molecule has 1 saturated heterocycles. The first-order valence-electron chi connectivity index (χ1n) is 12.1. The van der Waals surface area contributed by atoms with Crippen LogP contribution in [0.4, 0.5) is 0 Å². The lowest BCUT2D eigenvalue weighted by atomic mass is 10.1. The number of aromatic hydroxyl groups is 1. The van der Waals surface area contributed by atoms with E-state index in [0.29, 0.717) is 0 Å². The van der Waals surface area contributed by atoms with Crippen LogP contribution >= 0.6 is 7.75 Å². The maximum atomic E-state index is 13.7. The number of imidazole rings is 1. The minimum Gasteiger partial charge on any atom is -0.493 e. The fourth-order valence-corrected chi connectivity index (χ4v) is 5.34. The molecule has 3 aromatic rings. The third-order valence-electron chi connectivity index (χ3n) is 5.92. The number of aromatic nitrogens is 2. The molecule has 15 heteroatoms. The van der Waals surface area contributed by atoms with Gasteiger partial charge in [0.2, 0.25) is 5.88 Å². The summed E-state index contributed by atoms with van der Waals surface area (Å²) in [7, 11) is -4.31. The van der Waals surface area contributed by atoms with Gasteiger partial charge in [0.1, 0.15) is 43.0 Å². The predicted octanol–water partition coefficient (Wildman–Crippen LogP) is 1.23. The van der Waals surface area contributed by atoms with Crippen molar-refractivity contribution in [3.63, 3.8) is 0 Å². The molecular formula is C25H29N4O10P. The Morgan fingerprint density at radius 3 is 2.40 bits per heavy atom. The van der Waals surface area contributed by atoms with Crippen LogP contribution in [0.2, 0.25) is 0 Å². The smallest absolute Gasteiger partial charge is 0.459 e. The molecule has 4 rings (SSSR count). The second-order valence-corrected chi connectivity index (χ2v) is 10.6. The topological polar surface area (TPSA) is 205 Å². The van der Waals surface area contributed by atoms with Crippen LogP contribution in [0.5, 0.6) is 11.6 Å². The van der Waals surface area contributed by atoms with Crippen molar-refractivity contribution in [1.82, 2.24) is 14.6 Å². The number of nitrogens with two attached hydrogens (primary N) is 1. The summed E-state index contributed by atoms with van der Waals surface area (Å²) in [6.07, 6.45) is -4.80. The van der Waals surface area contributed by atoms with Crippen molar-refractivity contribution >= 4 is 19.6 Å². The molecule has 1 fully saturated rings. The highest BCUT2D eigenvalue weighted by atomic mass is 31.2. The van der Waals surface area contributed by atoms with Crippen molar-refractivity contribution in [2.24, 2.45) is 5.73 Å². The number of amides is 1. The summed E-state index contributed by atoms with van der Waals surface area (Å²) in [5, 5.41) is 33.8. The zero-order valence-electron chi connectivity index (χ0n) is 21.3. The fourth-order valence-electron chi connectivity index (χ4n) is 3.84. The molecule has 0 aliphatic carbocycles. The number of carbonyl (C=O) groups excluding carboxylic acids is 2. The maximum absolute atomic E-state index is 13.7. The Bertz CT molecular complexity index is 1360. The molecule has 6 N–H and O–H groups in total. The van der Waals surface area contributed by atoms with Gasteiger partial charge in [0.25, 0.3) is 5.91 Å². The molecule has 0 saturated carbocycles. The molecule has 2 heterocycles. The van der Waals surface area contributed by atoms with E-state index in [1.54, 1.807) is 42.5 Å². The van der Waals surface area contributed by atoms with Crippen LogP contribution in [0.25, 0.3) is 0 Å². The Labute approximate surface area is 228 Å². The maximum Gasteiger partial charge on any atom is 0.459 e. The number of aliphatic hydroxyl groups excluding tert-OH is 2. The summed E-state index contributed by atoms with van der Waals surface area (Å²) < 4.78 is 36.7. The summed E-state index contributed by atoms with van der Waals surface area (Å²) in [5.41, 5.74) is 5.46. The summed E-state index contributed by atoms with van der Waals surface area (Å²) in [6.45, 7) is 0.836. The molecule has 1 aliphatic heterocycles. The SMILES string of the molecule is C[C@H](NP(=O)(OC[C@H]1O[C@@H](n2cnc(C(N)=O)c2O)[C@H](O)C1O)Oc1ccccc1)C(=O)OCc1ccccc1.